The van der Waals surface area contributed by atoms with Crippen LogP contribution in [0.3, 0.4) is 0 Å². The van der Waals surface area contributed by atoms with Gasteiger partial charge in [-0.15, -0.1) is 0 Å². The Morgan fingerprint density at radius 1 is 1.37 bits per heavy atom. The standard InChI is InChI=1S/C21H18F5N5O4/c1-34-10-16(21(24,25)26)35-15-6-17(28-8-12(15)7-27)30-20(33)31-4-2-3-11-5-13(18(22)23)14(9-32)29-19(11)31/h5-6,8-9,16,18H,2-4,10H2,1H3,(H,28,30,33)/t16-/m1/s1. The Kier molecular flexibility index (Phi) is 7.80. The first-order chi connectivity index (χ1) is 16.6. The van der Waals surface area contributed by atoms with Gasteiger partial charge in [-0.1, -0.05) is 0 Å². The van der Waals surface area contributed by atoms with Crippen LogP contribution in [0, 0.1) is 11.3 Å². The van der Waals surface area contributed by atoms with Crippen LogP contribution in [0.1, 0.15) is 40.0 Å². The van der Waals surface area contributed by atoms with Gasteiger partial charge in [-0.3, -0.25) is 15.0 Å². The van der Waals surface area contributed by atoms with E-state index in [1.807, 2.05) is 0 Å². The normalized spacial score (nSPS) is 14.2. The Morgan fingerprint density at radius 2 is 2.11 bits per heavy atom. The molecule has 1 aliphatic heterocycles. The summed E-state index contributed by atoms with van der Waals surface area (Å²) in [4.78, 5) is 33.0. The van der Waals surface area contributed by atoms with E-state index in [0.29, 0.717) is 18.4 Å². The molecule has 0 bridgehead atoms. The lowest BCUT2D eigenvalue weighted by Gasteiger charge is -2.29. The molecule has 0 saturated heterocycles. The zero-order chi connectivity index (χ0) is 25.8. The van der Waals surface area contributed by atoms with Crippen LogP contribution in [0.25, 0.3) is 0 Å². The van der Waals surface area contributed by atoms with E-state index < -0.39 is 48.4 Å². The molecule has 0 spiro atoms. The first-order valence-corrected chi connectivity index (χ1v) is 10.1. The maximum atomic E-state index is 13.2. The number of alkyl halides is 5. The Hall–Kier alpha value is -3.86. The number of aromatic nitrogens is 2. The summed E-state index contributed by atoms with van der Waals surface area (Å²) < 4.78 is 75.5. The number of pyridine rings is 2. The van der Waals surface area contributed by atoms with E-state index in [1.165, 1.54) is 0 Å². The van der Waals surface area contributed by atoms with Crippen LogP contribution >= 0.6 is 0 Å². The largest absolute Gasteiger partial charge is 0.477 e. The molecule has 0 fully saturated rings. The number of methoxy groups -OCH3 is 1. The van der Waals surface area contributed by atoms with Gasteiger partial charge in [0.1, 0.15) is 34.7 Å². The number of hydrogen-bond acceptors (Lipinski definition) is 7. The predicted molar refractivity (Wildman–Crippen MR) is 111 cm³/mol. The molecule has 9 nitrogen and oxygen atoms in total. The summed E-state index contributed by atoms with van der Waals surface area (Å²) in [5, 5.41) is 11.6. The number of ether oxygens (including phenoxy) is 2. The number of nitriles is 1. The minimum absolute atomic E-state index is 0.00241. The molecule has 3 heterocycles. The summed E-state index contributed by atoms with van der Waals surface area (Å²) in [6, 6.07) is 2.89. The Morgan fingerprint density at radius 3 is 2.71 bits per heavy atom. The van der Waals surface area contributed by atoms with E-state index in [4.69, 9.17) is 4.74 Å². The number of carbonyl (C=O) groups excluding carboxylic acids is 2. The highest BCUT2D eigenvalue weighted by molar-refractivity contribution is 6.01. The zero-order valence-corrected chi connectivity index (χ0v) is 18.1. The lowest BCUT2D eigenvalue weighted by Crippen LogP contribution is -2.40. The quantitative estimate of drug-likeness (QED) is 0.451. The topological polar surface area (TPSA) is 117 Å². The van der Waals surface area contributed by atoms with Crippen LogP contribution in [0.4, 0.5) is 38.4 Å². The first-order valence-electron chi connectivity index (χ1n) is 10.1. The highest BCUT2D eigenvalue weighted by Gasteiger charge is 2.42. The number of nitrogens with zero attached hydrogens (tertiary/aromatic N) is 4. The Bertz CT molecular complexity index is 1150. The maximum absolute atomic E-state index is 13.2. The summed E-state index contributed by atoms with van der Waals surface area (Å²) in [5.74, 6) is -0.726. The summed E-state index contributed by atoms with van der Waals surface area (Å²) in [7, 11) is 1.05. The summed E-state index contributed by atoms with van der Waals surface area (Å²) >= 11 is 0. The molecule has 2 aromatic rings. The number of carbonyl (C=O) groups is 2. The van der Waals surface area contributed by atoms with Gasteiger partial charge >= 0.3 is 12.2 Å². The van der Waals surface area contributed by atoms with Crippen molar-refractivity contribution in [3.05, 3.63) is 40.7 Å². The number of amides is 2. The molecule has 2 aromatic heterocycles. The van der Waals surface area contributed by atoms with Crippen molar-refractivity contribution in [1.29, 1.82) is 5.26 Å². The van der Waals surface area contributed by atoms with E-state index in [1.54, 1.807) is 6.07 Å². The molecule has 0 aliphatic carbocycles. The predicted octanol–water partition coefficient (Wildman–Crippen LogP) is 4.04. The molecule has 3 rings (SSSR count). The SMILES string of the molecule is COC[C@@H](Oc1cc(NC(=O)N2CCCc3cc(C(F)F)c(C=O)nc32)ncc1C#N)C(F)(F)F. The van der Waals surface area contributed by atoms with E-state index in [9.17, 15) is 36.8 Å². The average molecular weight is 499 g/mol. The Balaban J connectivity index is 1.88. The van der Waals surface area contributed by atoms with Gasteiger partial charge in [0, 0.05) is 25.3 Å². The van der Waals surface area contributed by atoms with Gasteiger partial charge in [0.15, 0.2) is 6.29 Å². The summed E-state index contributed by atoms with van der Waals surface area (Å²) in [6.45, 7) is -0.712. The smallest absolute Gasteiger partial charge is 0.427 e. The summed E-state index contributed by atoms with van der Waals surface area (Å²) in [5.41, 5.74) is -1.04. The van der Waals surface area contributed by atoms with E-state index in [0.717, 1.165) is 30.3 Å². The highest BCUT2D eigenvalue weighted by Crippen LogP contribution is 2.32. The minimum Gasteiger partial charge on any atom is -0.477 e. The van der Waals surface area contributed by atoms with Crippen molar-refractivity contribution in [2.75, 3.05) is 30.5 Å². The molecule has 35 heavy (non-hydrogen) atoms. The first kappa shape index (κ1) is 25.8. The van der Waals surface area contributed by atoms with E-state index in [2.05, 4.69) is 20.0 Å². The van der Waals surface area contributed by atoms with Crippen LogP contribution < -0.4 is 15.0 Å². The van der Waals surface area contributed by atoms with Crippen molar-refractivity contribution in [3.8, 4) is 11.8 Å². The fourth-order valence-corrected chi connectivity index (χ4v) is 3.36. The third kappa shape index (κ3) is 5.80. The zero-order valence-electron chi connectivity index (χ0n) is 18.1. The van der Waals surface area contributed by atoms with Crippen LogP contribution in [-0.4, -0.2) is 54.8 Å². The van der Waals surface area contributed by atoms with Crippen LogP contribution in [-0.2, 0) is 11.2 Å². The van der Waals surface area contributed by atoms with Gasteiger partial charge < -0.3 is 9.47 Å². The molecule has 186 valence electrons. The van der Waals surface area contributed by atoms with Crippen LogP contribution in [0.5, 0.6) is 5.75 Å². The third-order valence-electron chi connectivity index (χ3n) is 4.99. The van der Waals surface area contributed by atoms with Gasteiger partial charge in [-0.05, 0) is 24.5 Å². The molecule has 1 atom stereocenters. The number of aldehydes is 1. The fourth-order valence-electron chi connectivity index (χ4n) is 3.36. The molecule has 1 N–H and O–H groups in total. The second kappa shape index (κ2) is 10.6. The van der Waals surface area contributed by atoms with E-state index in [-0.39, 0.29) is 30.0 Å². The van der Waals surface area contributed by atoms with Gasteiger partial charge in [0.05, 0.1) is 12.8 Å². The molecule has 1 aliphatic rings. The number of anilines is 2. The monoisotopic (exact) mass is 499 g/mol. The van der Waals surface area contributed by atoms with Crippen molar-refractivity contribution in [2.45, 2.75) is 31.5 Å². The number of rotatable bonds is 7. The molecule has 2 amide bonds. The number of halogens is 5. The van der Waals surface area contributed by atoms with Gasteiger partial charge in [0.25, 0.3) is 6.43 Å². The van der Waals surface area contributed by atoms with E-state index >= 15 is 0 Å². The molecular weight excluding hydrogens is 481 g/mol. The Labute approximate surface area is 195 Å². The second-order valence-corrected chi connectivity index (χ2v) is 7.33. The molecule has 0 unspecified atom stereocenters. The average Bonchev–Trinajstić information content (AvgIpc) is 2.82. The number of hydrogen-bond donors (Lipinski definition) is 1. The third-order valence-corrected chi connectivity index (χ3v) is 4.99. The lowest BCUT2D eigenvalue weighted by molar-refractivity contribution is -0.206. The minimum atomic E-state index is -4.80. The van der Waals surface area contributed by atoms with Crippen molar-refractivity contribution in [3.63, 3.8) is 0 Å². The number of urea groups is 1. The molecule has 0 radical (unpaired) electrons. The maximum Gasteiger partial charge on any atom is 0.427 e. The molecule has 14 heteroatoms. The van der Waals surface area contributed by atoms with Crippen molar-refractivity contribution in [2.24, 2.45) is 0 Å². The fraction of sp³-hybridized carbons (Fsp3) is 0.381. The molecule has 0 saturated carbocycles. The van der Waals surface area contributed by atoms with Gasteiger partial charge in [-0.25, -0.2) is 23.5 Å². The van der Waals surface area contributed by atoms with Crippen LogP contribution in [0.2, 0.25) is 0 Å². The van der Waals surface area contributed by atoms with Crippen molar-refractivity contribution >= 4 is 24.0 Å². The number of nitrogens with one attached hydrogen (secondary N) is 1. The number of aryl methyl sites for hydroxylation is 1. The van der Waals surface area contributed by atoms with Gasteiger partial charge in [-0.2, -0.15) is 18.4 Å². The lowest BCUT2D eigenvalue weighted by atomic mass is 10.0. The summed E-state index contributed by atoms with van der Waals surface area (Å²) in [6.07, 6.45) is -8.28. The molecule has 0 aromatic carbocycles. The van der Waals surface area contributed by atoms with Crippen molar-refractivity contribution in [1.82, 2.24) is 9.97 Å². The van der Waals surface area contributed by atoms with Crippen molar-refractivity contribution < 1.29 is 41.0 Å². The van der Waals surface area contributed by atoms with Crippen LogP contribution in [0.15, 0.2) is 18.3 Å². The molecular formula is C21H18F5N5O4. The number of fused-ring (bicyclic) bond motifs is 1. The second-order valence-electron chi connectivity index (χ2n) is 7.33. The highest BCUT2D eigenvalue weighted by atomic mass is 19.4. The van der Waals surface area contributed by atoms with Gasteiger partial charge in [0.2, 0.25) is 6.10 Å².